The summed E-state index contributed by atoms with van der Waals surface area (Å²) in [5, 5.41) is 28.5. The average Bonchev–Trinajstić information content (AvgIpc) is 2.77. The van der Waals surface area contributed by atoms with E-state index < -0.39 is 0 Å². The van der Waals surface area contributed by atoms with E-state index in [2.05, 4.69) is 37.8 Å². The van der Waals surface area contributed by atoms with Gasteiger partial charge < -0.3 is 15.3 Å². The first-order valence-corrected chi connectivity index (χ1v) is 11.7. The van der Waals surface area contributed by atoms with Crippen LogP contribution in [0.1, 0.15) is 56.6 Å². The molecule has 3 N–H and O–H groups in total. The van der Waals surface area contributed by atoms with Gasteiger partial charge in [-0.3, -0.25) is 0 Å². The van der Waals surface area contributed by atoms with Crippen LogP contribution in [0, 0.1) is 0 Å². The summed E-state index contributed by atoms with van der Waals surface area (Å²) in [6, 6.07) is 5.49. The Labute approximate surface area is 193 Å². The molecule has 1 rings (SSSR count). The number of unbranched alkanes of at least 4 members (excludes halogenated alkanes) is 2. The molecular weight excluding hydrogens is 404 g/mol. The molecule has 0 radical (unpaired) electrons. The second-order valence-electron chi connectivity index (χ2n) is 7.60. The smallest absolute Gasteiger partial charge is 0.119 e. The number of thiol groups is 1. The van der Waals surface area contributed by atoms with Crippen LogP contribution in [0.2, 0.25) is 0 Å². The Morgan fingerprint density at radius 1 is 1.03 bits per heavy atom. The fraction of sp³-hybridized carbons (Fsp3) is 0.407. The lowest BCUT2D eigenvalue weighted by Gasteiger charge is -2.07. The van der Waals surface area contributed by atoms with Crippen molar-refractivity contribution in [3.05, 3.63) is 83.5 Å². The van der Waals surface area contributed by atoms with Crippen LogP contribution in [0.15, 0.2) is 72.4 Å². The second-order valence-corrected chi connectivity index (χ2v) is 7.97. The molecule has 0 aliphatic carbocycles. The van der Waals surface area contributed by atoms with Crippen LogP contribution in [-0.4, -0.2) is 33.8 Å². The van der Waals surface area contributed by atoms with Gasteiger partial charge in [0.1, 0.15) is 5.75 Å². The van der Waals surface area contributed by atoms with E-state index in [1.54, 1.807) is 6.07 Å². The molecule has 0 fully saturated rings. The Morgan fingerprint density at radius 2 is 1.81 bits per heavy atom. The minimum Gasteiger partial charge on any atom is -0.508 e. The monoisotopic (exact) mass is 442 g/mol. The maximum absolute atomic E-state index is 10.0. The van der Waals surface area contributed by atoms with Gasteiger partial charge in [0.15, 0.2) is 0 Å². The maximum Gasteiger partial charge on any atom is 0.119 e. The quantitative estimate of drug-likeness (QED) is 0.113. The molecule has 0 heterocycles. The zero-order valence-corrected chi connectivity index (χ0v) is 19.6. The van der Waals surface area contributed by atoms with E-state index >= 15 is 0 Å². The molecule has 0 amide bonds. The average molecular weight is 443 g/mol. The van der Waals surface area contributed by atoms with Crippen molar-refractivity contribution >= 4 is 18.7 Å². The lowest BCUT2D eigenvalue weighted by Crippen LogP contribution is -2.05. The minimum atomic E-state index is -0.331. The highest BCUT2D eigenvalue weighted by Crippen LogP contribution is 2.23. The number of phenolic OH excluding ortho intramolecular Hbond substituents is 1. The molecule has 4 heteroatoms. The van der Waals surface area contributed by atoms with E-state index in [0.717, 1.165) is 36.8 Å². The summed E-state index contributed by atoms with van der Waals surface area (Å²) < 4.78 is 0. The summed E-state index contributed by atoms with van der Waals surface area (Å²) in [5.74, 6) is 0.792. The van der Waals surface area contributed by atoms with E-state index in [4.69, 9.17) is 5.11 Å². The SMILES string of the molecule is C\C(=C/C=C/C=C/C=C\c1cccc(O)c1CCCO)CCCC/C=C/CC(O)CS. The van der Waals surface area contributed by atoms with Crippen LogP contribution in [0.25, 0.3) is 6.08 Å². The summed E-state index contributed by atoms with van der Waals surface area (Å²) in [6.07, 6.45) is 24.4. The molecule has 31 heavy (non-hydrogen) atoms. The molecular formula is C27H38O3S. The predicted molar refractivity (Wildman–Crippen MR) is 137 cm³/mol. The van der Waals surface area contributed by atoms with Gasteiger partial charge in [0.25, 0.3) is 0 Å². The normalized spacial score (nSPS) is 14.0. The second kappa shape index (κ2) is 17.6. The van der Waals surface area contributed by atoms with Gasteiger partial charge in [-0.1, -0.05) is 72.4 Å². The van der Waals surface area contributed by atoms with Crippen LogP contribution in [0.3, 0.4) is 0 Å². The summed E-state index contributed by atoms with van der Waals surface area (Å²) in [6.45, 7) is 2.27. The fourth-order valence-electron chi connectivity index (χ4n) is 3.04. The third-order valence-electron chi connectivity index (χ3n) is 4.85. The van der Waals surface area contributed by atoms with Crippen LogP contribution >= 0.6 is 12.6 Å². The number of benzene rings is 1. The molecule has 0 aliphatic heterocycles. The molecule has 1 atom stereocenters. The Bertz CT molecular complexity index is 760. The Hall–Kier alpha value is -2.01. The van der Waals surface area contributed by atoms with E-state index in [-0.39, 0.29) is 18.5 Å². The molecule has 0 aliphatic rings. The zero-order chi connectivity index (χ0) is 22.7. The number of hydrogen-bond acceptors (Lipinski definition) is 4. The molecule has 170 valence electrons. The first kappa shape index (κ1) is 27.0. The van der Waals surface area contributed by atoms with Crippen LogP contribution in [0.5, 0.6) is 5.75 Å². The van der Waals surface area contributed by atoms with Crippen LogP contribution in [0.4, 0.5) is 0 Å². The number of aliphatic hydroxyl groups is 2. The number of phenols is 1. The number of rotatable bonds is 15. The third-order valence-corrected chi connectivity index (χ3v) is 5.27. The van der Waals surface area contributed by atoms with Crippen molar-refractivity contribution in [3.63, 3.8) is 0 Å². The van der Waals surface area contributed by atoms with E-state index in [1.807, 2.05) is 48.6 Å². The molecule has 1 unspecified atom stereocenters. The van der Waals surface area contributed by atoms with Gasteiger partial charge in [-0.2, -0.15) is 12.6 Å². The molecule has 1 aromatic carbocycles. The fourth-order valence-corrected chi connectivity index (χ4v) is 3.19. The summed E-state index contributed by atoms with van der Waals surface area (Å²) in [5.41, 5.74) is 3.22. The number of aromatic hydroxyl groups is 1. The van der Waals surface area contributed by atoms with E-state index in [0.29, 0.717) is 25.0 Å². The Morgan fingerprint density at radius 3 is 2.58 bits per heavy atom. The van der Waals surface area contributed by atoms with Crippen molar-refractivity contribution < 1.29 is 15.3 Å². The highest BCUT2D eigenvalue weighted by atomic mass is 32.1. The van der Waals surface area contributed by atoms with Crippen molar-refractivity contribution in [2.24, 2.45) is 0 Å². The molecule has 0 saturated heterocycles. The molecule has 3 nitrogen and oxygen atoms in total. The Kier molecular flexibility index (Phi) is 15.4. The van der Waals surface area contributed by atoms with Gasteiger partial charge in [0.2, 0.25) is 0 Å². The highest BCUT2D eigenvalue weighted by molar-refractivity contribution is 7.80. The van der Waals surface area contributed by atoms with Gasteiger partial charge in [0.05, 0.1) is 6.10 Å². The lowest BCUT2D eigenvalue weighted by molar-refractivity contribution is 0.203. The number of allylic oxidation sites excluding steroid dienone is 8. The summed E-state index contributed by atoms with van der Waals surface area (Å²) >= 11 is 4.06. The molecule has 0 aromatic heterocycles. The minimum absolute atomic E-state index is 0.119. The van der Waals surface area contributed by atoms with E-state index in [1.165, 1.54) is 5.57 Å². The summed E-state index contributed by atoms with van der Waals surface area (Å²) in [7, 11) is 0. The van der Waals surface area contributed by atoms with Crippen LogP contribution < -0.4 is 0 Å². The van der Waals surface area contributed by atoms with Crippen molar-refractivity contribution in [1.29, 1.82) is 0 Å². The largest absolute Gasteiger partial charge is 0.508 e. The highest BCUT2D eigenvalue weighted by Gasteiger charge is 2.04. The van der Waals surface area contributed by atoms with Gasteiger partial charge in [0, 0.05) is 17.9 Å². The molecule has 0 spiro atoms. The standard InChI is InChI=1S/C27H38O3S/c1-23(15-9-5-3-7-11-18-25(29)22-31)14-8-4-2-6-10-16-24-17-12-20-27(30)26(24)19-13-21-28/h2,4,6-8,10-12,14,16-17,20,25,28-31H,3,5,9,13,15,18-19,21-22H2,1H3/b6-2+,8-4+,11-7+,16-10-,23-14+. The van der Waals surface area contributed by atoms with Crippen molar-refractivity contribution in [2.75, 3.05) is 12.4 Å². The lowest BCUT2D eigenvalue weighted by atomic mass is 10.0. The van der Waals surface area contributed by atoms with Crippen molar-refractivity contribution in [3.8, 4) is 5.75 Å². The van der Waals surface area contributed by atoms with Gasteiger partial charge in [-0.25, -0.2) is 0 Å². The van der Waals surface area contributed by atoms with E-state index in [9.17, 15) is 10.2 Å². The maximum atomic E-state index is 10.0. The third kappa shape index (κ3) is 13.1. The topological polar surface area (TPSA) is 60.7 Å². The van der Waals surface area contributed by atoms with Crippen LogP contribution in [-0.2, 0) is 6.42 Å². The summed E-state index contributed by atoms with van der Waals surface area (Å²) in [4.78, 5) is 0. The van der Waals surface area contributed by atoms with Gasteiger partial charge in [-0.15, -0.1) is 0 Å². The first-order chi connectivity index (χ1) is 15.1. The number of hydrogen-bond donors (Lipinski definition) is 4. The zero-order valence-electron chi connectivity index (χ0n) is 18.7. The molecule has 0 bridgehead atoms. The van der Waals surface area contributed by atoms with Crippen molar-refractivity contribution in [2.45, 2.75) is 58.0 Å². The molecule has 1 aromatic rings. The first-order valence-electron chi connectivity index (χ1n) is 11.1. The van der Waals surface area contributed by atoms with Gasteiger partial charge >= 0.3 is 0 Å². The van der Waals surface area contributed by atoms with Gasteiger partial charge in [-0.05, 0) is 63.5 Å². The molecule has 0 saturated carbocycles. The number of aliphatic hydroxyl groups excluding tert-OH is 2. The predicted octanol–water partition coefficient (Wildman–Crippen LogP) is 6.19. The van der Waals surface area contributed by atoms with Crippen molar-refractivity contribution in [1.82, 2.24) is 0 Å². The Balaban J connectivity index is 2.34.